The summed E-state index contributed by atoms with van der Waals surface area (Å²) < 4.78 is 23.6. The van der Waals surface area contributed by atoms with E-state index in [4.69, 9.17) is 9.47 Å². The molecule has 0 amide bonds. The molecule has 1 aliphatic rings. The Morgan fingerprint density at radius 3 is 2.39 bits per heavy atom. The van der Waals surface area contributed by atoms with Crippen LogP contribution in [0, 0.1) is 0 Å². The molecule has 0 bridgehead atoms. The second-order valence-corrected chi connectivity index (χ2v) is 4.56. The molecule has 2 rings (SSSR count). The first kappa shape index (κ1) is 13.1. The van der Waals surface area contributed by atoms with Crippen LogP contribution in [0.25, 0.3) is 0 Å². The van der Waals surface area contributed by atoms with Gasteiger partial charge in [0.2, 0.25) is 0 Å². The summed E-state index contributed by atoms with van der Waals surface area (Å²) in [6.45, 7) is 1.50. The summed E-state index contributed by atoms with van der Waals surface area (Å²) in [5.74, 6) is 1.81. The molecule has 1 heterocycles. The Hall–Kier alpha value is -1.29. The Morgan fingerprint density at radius 2 is 1.83 bits per heavy atom. The van der Waals surface area contributed by atoms with Crippen molar-refractivity contribution in [1.29, 1.82) is 0 Å². The first-order valence-electron chi connectivity index (χ1n) is 6.31. The molecule has 0 spiro atoms. The van der Waals surface area contributed by atoms with Crippen LogP contribution in [0.15, 0.2) is 12.1 Å². The molecule has 1 aromatic rings. The van der Waals surface area contributed by atoms with Crippen LogP contribution in [0.1, 0.15) is 29.9 Å². The average molecular weight is 253 g/mol. The van der Waals surface area contributed by atoms with Crippen LogP contribution in [0.3, 0.4) is 0 Å². The van der Waals surface area contributed by atoms with Gasteiger partial charge in [0.05, 0.1) is 14.2 Å². The molecule has 4 heteroatoms. The summed E-state index contributed by atoms with van der Waals surface area (Å²) in [7, 11) is 3.20. The zero-order valence-electron chi connectivity index (χ0n) is 11.0. The van der Waals surface area contributed by atoms with Crippen molar-refractivity contribution in [2.24, 2.45) is 0 Å². The molecule has 1 aromatic carbocycles. The molecule has 0 aromatic heterocycles. The van der Waals surface area contributed by atoms with Gasteiger partial charge in [0, 0.05) is 11.6 Å². The highest BCUT2D eigenvalue weighted by molar-refractivity contribution is 5.48. The van der Waals surface area contributed by atoms with Crippen LogP contribution in [0.5, 0.6) is 11.5 Å². The van der Waals surface area contributed by atoms with Gasteiger partial charge < -0.3 is 14.8 Å². The summed E-state index contributed by atoms with van der Waals surface area (Å²) in [6.07, 6.45) is 2.13. The van der Waals surface area contributed by atoms with E-state index in [0.29, 0.717) is 17.2 Å². The molecule has 0 unspecified atom stereocenters. The molecule has 3 nitrogen and oxygen atoms in total. The van der Waals surface area contributed by atoms with Gasteiger partial charge in [-0.2, -0.15) is 0 Å². The maximum atomic E-state index is 13.0. The standard InChI is InChI=1S/C14H20FNO2/c1-17-13-8-14(18-2)12(7-11(13)9-15)10-3-5-16-6-4-10/h7-8,10,16H,3-6,9H2,1-2H3. The summed E-state index contributed by atoms with van der Waals surface area (Å²) in [5, 5.41) is 3.33. The number of rotatable bonds is 4. The molecule has 0 radical (unpaired) electrons. The smallest absolute Gasteiger partial charge is 0.128 e. The van der Waals surface area contributed by atoms with E-state index in [1.165, 1.54) is 0 Å². The van der Waals surface area contributed by atoms with Gasteiger partial charge in [-0.3, -0.25) is 0 Å². The number of alkyl halides is 1. The fraction of sp³-hybridized carbons (Fsp3) is 0.571. The highest BCUT2D eigenvalue weighted by atomic mass is 19.1. The zero-order chi connectivity index (χ0) is 13.0. The maximum Gasteiger partial charge on any atom is 0.128 e. The minimum absolute atomic E-state index is 0.442. The van der Waals surface area contributed by atoms with E-state index in [1.54, 1.807) is 20.3 Å². The lowest BCUT2D eigenvalue weighted by molar-refractivity contribution is 0.370. The molecule has 1 saturated heterocycles. The minimum Gasteiger partial charge on any atom is -0.496 e. The number of benzene rings is 1. The van der Waals surface area contributed by atoms with E-state index in [2.05, 4.69) is 5.32 Å². The molecule has 1 N–H and O–H groups in total. The predicted molar refractivity (Wildman–Crippen MR) is 69.2 cm³/mol. The Morgan fingerprint density at radius 1 is 1.17 bits per heavy atom. The average Bonchev–Trinajstić information content (AvgIpc) is 2.46. The van der Waals surface area contributed by atoms with E-state index in [1.807, 2.05) is 6.07 Å². The Kier molecular flexibility index (Phi) is 4.42. The van der Waals surface area contributed by atoms with Gasteiger partial charge in [-0.1, -0.05) is 0 Å². The van der Waals surface area contributed by atoms with Crippen molar-refractivity contribution in [3.05, 3.63) is 23.3 Å². The third-order valence-electron chi connectivity index (χ3n) is 3.56. The van der Waals surface area contributed by atoms with Gasteiger partial charge >= 0.3 is 0 Å². The Bertz CT molecular complexity index is 403. The van der Waals surface area contributed by atoms with Crippen molar-refractivity contribution < 1.29 is 13.9 Å². The number of halogens is 1. The summed E-state index contributed by atoms with van der Waals surface area (Å²) in [5.41, 5.74) is 1.71. The van der Waals surface area contributed by atoms with E-state index >= 15 is 0 Å². The van der Waals surface area contributed by atoms with E-state index in [9.17, 15) is 4.39 Å². The second-order valence-electron chi connectivity index (χ2n) is 4.56. The third-order valence-corrected chi connectivity index (χ3v) is 3.56. The number of nitrogens with one attached hydrogen (secondary N) is 1. The number of ether oxygens (including phenoxy) is 2. The summed E-state index contributed by atoms with van der Waals surface area (Å²) in [4.78, 5) is 0. The molecular formula is C14H20FNO2. The minimum atomic E-state index is -0.509. The highest BCUT2D eigenvalue weighted by Crippen LogP contribution is 2.37. The van der Waals surface area contributed by atoms with Gasteiger partial charge in [0.25, 0.3) is 0 Å². The van der Waals surface area contributed by atoms with Crippen molar-refractivity contribution in [2.75, 3.05) is 27.3 Å². The van der Waals surface area contributed by atoms with Crippen LogP contribution < -0.4 is 14.8 Å². The molecule has 1 aliphatic heterocycles. The number of piperidine rings is 1. The van der Waals surface area contributed by atoms with Gasteiger partial charge in [-0.05, 0) is 43.5 Å². The number of methoxy groups -OCH3 is 2. The molecule has 100 valence electrons. The van der Waals surface area contributed by atoms with Gasteiger partial charge in [-0.15, -0.1) is 0 Å². The van der Waals surface area contributed by atoms with Crippen molar-refractivity contribution >= 4 is 0 Å². The lowest BCUT2D eigenvalue weighted by Crippen LogP contribution is -2.26. The summed E-state index contributed by atoms with van der Waals surface area (Å²) in [6, 6.07) is 3.69. The highest BCUT2D eigenvalue weighted by Gasteiger charge is 2.21. The van der Waals surface area contributed by atoms with Crippen LogP contribution >= 0.6 is 0 Å². The zero-order valence-corrected chi connectivity index (χ0v) is 11.0. The van der Waals surface area contributed by atoms with E-state index in [0.717, 1.165) is 37.2 Å². The number of hydrogen-bond donors (Lipinski definition) is 1. The predicted octanol–water partition coefficient (Wildman–Crippen LogP) is 2.64. The maximum absolute atomic E-state index is 13.0. The molecule has 18 heavy (non-hydrogen) atoms. The van der Waals surface area contributed by atoms with Crippen LogP contribution in [0.4, 0.5) is 4.39 Å². The Balaban J connectivity index is 2.37. The Labute approximate surface area is 107 Å². The van der Waals surface area contributed by atoms with Gasteiger partial charge in [0.15, 0.2) is 0 Å². The van der Waals surface area contributed by atoms with Gasteiger partial charge in [0.1, 0.15) is 18.2 Å². The topological polar surface area (TPSA) is 30.5 Å². The number of hydrogen-bond acceptors (Lipinski definition) is 3. The van der Waals surface area contributed by atoms with Gasteiger partial charge in [-0.25, -0.2) is 4.39 Å². The normalized spacial score (nSPS) is 16.6. The lowest BCUT2D eigenvalue weighted by Gasteiger charge is -2.25. The second kappa shape index (κ2) is 6.05. The van der Waals surface area contributed by atoms with Crippen molar-refractivity contribution in [3.63, 3.8) is 0 Å². The molecule has 0 aliphatic carbocycles. The first-order chi connectivity index (χ1) is 8.80. The van der Waals surface area contributed by atoms with E-state index in [-0.39, 0.29) is 0 Å². The quantitative estimate of drug-likeness (QED) is 0.894. The van der Waals surface area contributed by atoms with Crippen LogP contribution in [0.2, 0.25) is 0 Å². The molecular weight excluding hydrogens is 233 g/mol. The SMILES string of the molecule is COc1cc(OC)c(C2CCNCC2)cc1CF. The van der Waals surface area contributed by atoms with Crippen molar-refractivity contribution in [2.45, 2.75) is 25.4 Å². The molecule has 0 saturated carbocycles. The fourth-order valence-corrected chi connectivity index (χ4v) is 2.55. The lowest BCUT2D eigenvalue weighted by atomic mass is 9.88. The van der Waals surface area contributed by atoms with E-state index < -0.39 is 6.67 Å². The third kappa shape index (κ3) is 2.58. The first-order valence-corrected chi connectivity index (χ1v) is 6.31. The summed E-state index contributed by atoms with van der Waals surface area (Å²) >= 11 is 0. The van der Waals surface area contributed by atoms with Crippen LogP contribution in [-0.2, 0) is 6.67 Å². The van der Waals surface area contributed by atoms with Crippen LogP contribution in [-0.4, -0.2) is 27.3 Å². The monoisotopic (exact) mass is 253 g/mol. The van der Waals surface area contributed by atoms with Crippen molar-refractivity contribution in [1.82, 2.24) is 5.32 Å². The molecule has 1 fully saturated rings. The largest absolute Gasteiger partial charge is 0.496 e. The van der Waals surface area contributed by atoms with Crippen molar-refractivity contribution in [3.8, 4) is 11.5 Å². The molecule has 0 atom stereocenters. The fourth-order valence-electron chi connectivity index (χ4n) is 2.55.